The summed E-state index contributed by atoms with van der Waals surface area (Å²) in [6.07, 6.45) is 5.67. The van der Waals surface area contributed by atoms with Crippen LogP contribution in [0.3, 0.4) is 0 Å². The summed E-state index contributed by atoms with van der Waals surface area (Å²) in [5.41, 5.74) is -0.195. The molecule has 0 saturated carbocycles. The van der Waals surface area contributed by atoms with Gasteiger partial charge in [-0.3, -0.25) is 4.79 Å². The highest BCUT2D eigenvalue weighted by molar-refractivity contribution is 7.15. The zero-order valence-electron chi connectivity index (χ0n) is 11.1. The van der Waals surface area contributed by atoms with Crippen molar-refractivity contribution in [3.05, 3.63) is 11.1 Å². The quantitative estimate of drug-likeness (QED) is 0.881. The van der Waals surface area contributed by atoms with Crippen molar-refractivity contribution >= 4 is 22.4 Å². The Bertz CT molecular complexity index is 405. The van der Waals surface area contributed by atoms with E-state index in [4.69, 9.17) is 0 Å². The first-order valence-electron chi connectivity index (χ1n) is 6.61. The third kappa shape index (κ3) is 2.90. The van der Waals surface area contributed by atoms with E-state index in [-0.39, 0.29) is 11.3 Å². The first-order valence-corrected chi connectivity index (χ1v) is 7.42. The summed E-state index contributed by atoms with van der Waals surface area (Å²) in [7, 11) is 0. The Kier molecular flexibility index (Phi) is 4.35. The van der Waals surface area contributed by atoms with Crippen molar-refractivity contribution in [1.82, 2.24) is 10.3 Å². The molecule has 5 heteroatoms. The van der Waals surface area contributed by atoms with Crippen LogP contribution in [0.4, 0.5) is 5.13 Å². The Morgan fingerprint density at radius 3 is 2.83 bits per heavy atom. The normalized spacial score (nSPS) is 18.6. The lowest BCUT2D eigenvalue weighted by Crippen LogP contribution is -2.44. The largest absolute Gasteiger partial charge is 0.317 e. The highest BCUT2D eigenvalue weighted by atomic mass is 32.1. The highest BCUT2D eigenvalue weighted by Crippen LogP contribution is 2.35. The summed E-state index contributed by atoms with van der Waals surface area (Å²) < 4.78 is 0. The van der Waals surface area contributed by atoms with Gasteiger partial charge in [0.05, 0.1) is 5.41 Å². The second-order valence-corrected chi connectivity index (χ2v) is 6.25. The fourth-order valence-corrected chi connectivity index (χ4v) is 3.28. The summed E-state index contributed by atoms with van der Waals surface area (Å²) in [4.78, 5) is 17.9. The smallest absolute Gasteiger partial charge is 0.232 e. The van der Waals surface area contributed by atoms with Gasteiger partial charge in [-0.25, -0.2) is 4.98 Å². The fourth-order valence-electron chi connectivity index (χ4n) is 2.62. The standard InChI is InChI=1S/C13H21N3OS/c1-3-4-13(5-7-14-8-6-13)11(17)16-12-15-9-10(2)18-12/h9,14H,3-8H2,1-2H3,(H,15,16,17). The van der Waals surface area contributed by atoms with Gasteiger partial charge < -0.3 is 10.6 Å². The lowest BCUT2D eigenvalue weighted by Gasteiger charge is -2.35. The summed E-state index contributed by atoms with van der Waals surface area (Å²) >= 11 is 1.54. The predicted octanol–water partition coefficient (Wildman–Crippen LogP) is 2.56. The summed E-state index contributed by atoms with van der Waals surface area (Å²) in [6, 6.07) is 0. The van der Waals surface area contributed by atoms with Crippen molar-refractivity contribution in [2.75, 3.05) is 18.4 Å². The molecule has 1 aliphatic rings. The molecule has 1 fully saturated rings. The molecule has 0 radical (unpaired) electrons. The number of hydrogen-bond acceptors (Lipinski definition) is 4. The molecule has 18 heavy (non-hydrogen) atoms. The minimum atomic E-state index is -0.195. The number of piperidine rings is 1. The van der Waals surface area contributed by atoms with E-state index in [1.165, 1.54) is 11.3 Å². The number of amides is 1. The zero-order chi connectivity index (χ0) is 13.0. The first-order chi connectivity index (χ1) is 8.66. The molecular formula is C13H21N3OS. The third-order valence-corrected chi connectivity index (χ3v) is 4.44. The van der Waals surface area contributed by atoms with Gasteiger partial charge in [0.15, 0.2) is 5.13 Å². The number of thiazole rings is 1. The molecule has 0 bridgehead atoms. The molecule has 0 aliphatic carbocycles. The lowest BCUT2D eigenvalue weighted by atomic mass is 9.74. The molecule has 100 valence electrons. The van der Waals surface area contributed by atoms with Crippen molar-refractivity contribution in [3.8, 4) is 0 Å². The Hall–Kier alpha value is -0.940. The first kappa shape index (κ1) is 13.5. The van der Waals surface area contributed by atoms with Crippen LogP contribution in [0.25, 0.3) is 0 Å². The van der Waals surface area contributed by atoms with Crippen LogP contribution in [0.5, 0.6) is 0 Å². The number of hydrogen-bond donors (Lipinski definition) is 2. The van der Waals surface area contributed by atoms with Crippen LogP contribution in [0.15, 0.2) is 6.20 Å². The average Bonchev–Trinajstić information content (AvgIpc) is 2.76. The monoisotopic (exact) mass is 267 g/mol. The SMILES string of the molecule is CCCC1(C(=O)Nc2ncc(C)s2)CCNCC1. The summed E-state index contributed by atoms with van der Waals surface area (Å²) in [5.74, 6) is 0.153. The molecule has 2 heterocycles. The fraction of sp³-hybridized carbons (Fsp3) is 0.692. The lowest BCUT2D eigenvalue weighted by molar-refractivity contribution is -0.127. The summed E-state index contributed by atoms with van der Waals surface area (Å²) in [6.45, 7) is 6.01. The van der Waals surface area contributed by atoms with E-state index in [0.29, 0.717) is 0 Å². The van der Waals surface area contributed by atoms with E-state index < -0.39 is 0 Å². The average molecular weight is 267 g/mol. The molecule has 0 aromatic carbocycles. The van der Waals surface area contributed by atoms with E-state index in [2.05, 4.69) is 22.5 Å². The Balaban J connectivity index is 2.08. The zero-order valence-corrected chi connectivity index (χ0v) is 11.9. The topological polar surface area (TPSA) is 54.0 Å². The van der Waals surface area contributed by atoms with Gasteiger partial charge >= 0.3 is 0 Å². The molecule has 1 amide bonds. The van der Waals surface area contributed by atoms with Gasteiger partial charge in [0.2, 0.25) is 5.91 Å². The van der Waals surface area contributed by atoms with E-state index in [1.54, 1.807) is 6.20 Å². The van der Waals surface area contributed by atoms with Gasteiger partial charge in [-0.15, -0.1) is 11.3 Å². The van der Waals surface area contributed by atoms with Crippen molar-refractivity contribution in [2.24, 2.45) is 5.41 Å². The number of nitrogens with one attached hydrogen (secondary N) is 2. The van der Waals surface area contributed by atoms with Gasteiger partial charge in [0.25, 0.3) is 0 Å². The van der Waals surface area contributed by atoms with E-state index in [9.17, 15) is 4.79 Å². The molecular weight excluding hydrogens is 246 g/mol. The number of aryl methyl sites for hydroxylation is 1. The van der Waals surface area contributed by atoms with Crippen molar-refractivity contribution < 1.29 is 4.79 Å². The number of carbonyl (C=O) groups is 1. The minimum Gasteiger partial charge on any atom is -0.317 e. The van der Waals surface area contributed by atoms with Crippen LogP contribution >= 0.6 is 11.3 Å². The maximum absolute atomic E-state index is 12.5. The highest BCUT2D eigenvalue weighted by Gasteiger charge is 2.38. The molecule has 2 rings (SSSR count). The van der Waals surface area contributed by atoms with Gasteiger partial charge in [0.1, 0.15) is 0 Å². The molecule has 1 saturated heterocycles. The Labute approximate surface area is 112 Å². The van der Waals surface area contributed by atoms with E-state index in [0.717, 1.165) is 48.8 Å². The van der Waals surface area contributed by atoms with Gasteiger partial charge in [-0.05, 0) is 39.3 Å². The number of aromatic nitrogens is 1. The summed E-state index contributed by atoms with van der Waals surface area (Å²) in [5, 5.41) is 7.05. The van der Waals surface area contributed by atoms with E-state index >= 15 is 0 Å². The van der Waals surface area contributed by atoms with Crippen molar-refractivity contribution in [3.63, 3.8) is 0 Å². The van der Waals surface area contributed by atoms with E-state index in [1.807, 2.05) is 6.92 Å². The third-order valence-electron chi connectivity index (χ3n) is 3.61. The number of anilines is 1. The number of nitrogens with zero attached hydrogens (tertiary/aromatic N) is 1. The van der Waals surface area contributed by atoms with Crippen molar-refractivity contribution in [1.29, 1.82) is 0 Å². The van der Waals surface area contributed by atoms with Crippen molar-refractivity contribution in [2.45, 2.75) is 39.5 Å². The van der Waals surface area contributed by atoms with Crippen LogP contribution in [0.2, 0.25) is 0 Å². The van der Waals surface area contributed by atoms with Gasteiger partial charge in [0, 0.05) is 11.1 Å². The number of carbonyl (C=O) groups excluding carboxylic acids is 1. The molecule has 0 unspecified atom stereocenters. The van der Waals surface area contributed by atoms with Crippen LogP contribution in [0, 0.1) is 12.3 Å². The van der Waals surface area contributed by atoms with Gasteiger partial charge in [-0.2, -0.15) is 0 Å². The Morgan fingerprint density at radius 1 is 1.56 bits per heavy atom. The van der Waals surface area contributed by atoms with Crippen LogP contribution in [-0.4, -0.2) is 24.0 Å². The Morgan fingerprint density at radius 2 is 2.28 bits per heavy atom. The van der Waals surface area contributed by atoms with Crippen LogP contribution in [-0.2, 0) is 4.79 Å². The molecule has 1 aromatic rings. The van der Waals surface area contributed by atoms with Crippen LogP contribution < -0.4 is 10.6 Å². The number of rotatable bonds is 4. The maximum Gasteiger partial charge on any atom is 0.232 e. The van der Waals surface area contributed by atoms with Crippen LogP contribution in [0.1, 0.15) is 37.5 Å². The molecule has 1 aliphatic heterocycles. The molecule has 0 spiro atoms. The molecule has 0 atom stereocenters. The molecule has 1 aromatic heterocycles. The predicted molar refractivity (Wildman–Crippen MR) is 74.9 cm³/mol. The molecule has 2 N–H and O–H groups in total. The maximum atomic E-state index is 12.5. The second-order valence-electron chi connectivity index (χ2n) is 5.01. The van der Waals surface area contributed by atoms with Gasteiger partial charge in [-0.1, -0.05) is 13.3 Å². The second kappa shape index (κ2) is 5.80. The minimum absolute atomic E-state index is 0.153. The molecule has 4 nitrogen and oxygen atoms in total.